The molecule has 0 saturated heterocycles. The number of para-hydroxylation sites is 1. The number of fused-ring (bicyclic) bond motifs is 1. The monoisotopic (exact) mass is 380 g/mol. The highest BCUT2D eigenvalue weighted by Crippen LogP contribution is 2.36. The topological polar surface area (TPSA) is 71.1 Å². The Kier molecular flexibility index (Phi) is 6.16. The summed E-state index contributed by atoms with van der Waals surface area (Å²) in [6.45, 7) is 1.99. The number of hydrogen-bond acceptors (Lipinski definition) is 6. The molecule has 140 valence electrons. The summed E-state index contributed by atoms with van der Waals surface area (Å²) in [5, 5.41) is 0.430. The first kappa shape index (κ1) is 18.7. The fourth-order valence-electron chi connectivity index (χ4n) is 3.19. The number of esters is 1. The number of carbonyl (C=O) groups excluding carboxylic acids is 2. The lowest BCUT2D eigenvalue weighted by atomic mass is 9.80. The Morgan fingerprint density at radius 2 is 2.12 bits per heavy atom. The quantitative estimate of drug-likeness (QED) is 0.705. The van der Waals surface area contributed by atoms with Gasteiger partial charge in [-0.05, 0) is 31.9 Å². The largest absolute Gasteiger partial charge is 0.493 e. The van der Waals surface area contributed by atoms with Crippen molar-refractivity contribution in [1.82, 2.24) is 0 Å². The highest BCUT2D eigenvalue weighted by molar-refractivity contribution is 6.32. The van der Waals surface area contributed by atoms with Crippen molar-refractivity contribution in [3.8, 4) is 5.75 Å². The van der Waals surface area contributed by atoms with Gasteiger partial charge in [0.25, 0.3) is 0 Å². The minimum Gasteiger partial charge on any atom is -0.493 e. The van der Waals surface area contributed by atoms with Crippen molar-refractivity contribution >= 4 is 23.4 Å². The number of ether oxygens (including phenoxy) is 4. The zero-order valence-electron chi connectivity index (χ0n) is 14.5. The molecule has 0 spiro atoms. The third kappa shape index (κ3) is 4.37. The molecule has 1 aliphatic heterocycles. The van der Waals surface area contributed by atoms with E-state index in [1.54, 1.807) is 31.2 Å². The molecule has 3 atom stereocenters. The van der Waals surface area contributed by atoms with Crippen LogP contribution in [0.4, 0.5) is 0 Å². The van der Waals surface area contributed by atoms with Crippen molar-refractivity contribution in [1.29, 1.82) is 0 Å². The zero-order chi connectivity index (χ0) is 18.5. The van der Waals surface area contributed by atoms with E-state index in [-0.39, 0.29) is 42.2 Å². The lowest BCUT2D eigenvalue weighted by Gasteiger charge is -2.37. The fourth-order valence-corrected chi connectivity index (χ4v) is 3.37. The van der Waals surface area contributed by atoms with Gasteiger partial charge in [-0.2, -0.15) is 0 Å². The van der Waals surface area contributed by atoms with Crippen LogP contribution in [0, 0.1) is 5.92 Å². The zero-order valence-corrected chi connectivity index (χ0v) is 15.2. The van der Waals surface area contributed by atoms with E-state index < -0.39 is 0 Å². The molecule has 0 bridgehead atoms. The van der Waals surface area contributed by atoms with E-state index in [1.807, 2.05) is 0 Å². The number of allylic oxidation sites excluding steroid dienone is 1. The first-order valence-electron chi connectivity index (χ1n) is 8.68. The maximum atomic E-state index is 12.7. The van der Waals surface area contributed by atoms with Crippen LogP contribution in [0.3, 0.4) is 0 Å². The molecule has 2 aliphatic rings. The van der Waals surface area contributed by atoms with Crippen LogP contribution in [0.2, 0.25) is 5.02 Å². The fraction of sp³-hybridized carbons (Fsp3) is 0.474. The number of ketones is 1. The summed E-state index contributed by atoms with van der Waals surface area (Å²) < 4.78 is 21.8. The van der Waals surface area contributed by atoms with Gasteiger partial charge in [-0.15, -0.1) is 0 Å². The summed E-state index contributed by atoms with van der Waals surface area (Å²) in [5.41, 5.74) is 0. The van der Waals surface area contributed by atoms with Gasteiger partial charge in [0.05, 0.1) is 23.7 Å². The van der Waals surface area contributed by atoms with Crippen LogP contribution in [0.1, 0.15) is 26.2 Å². The van der Waals surface area contributed by atoms with Gasteiger partial charge in [0, 0.05) is 6.42 Å². The van der Waals surface area contributed by atoms with Crippen LogP contribution in [0.5, 0.6) is 5.75 Å². The summed E-state index contributed by atoms with van der Waals surface area (Å²) >= 11 is 6.07. The van der Waals surface area contributed by atoms with Crippen molar-refractivity contribution in [3.63, 3.8) is 0 Å². The number of halogens is 1. The molecule has 1 heterocycles. The van der Waals surface area contributed by atoms with Crippen LogP contribution in [0.25, 0.3) is 0 Å². The van der Waals surface area contributed by atoms with E-state index >= 15 is 0 Å². The van der Waals surface area contributed by atoms with Crippen LogP contribution in [-0.2, 0) is 23.8 Å². The highest BCUT2D eigenvalue weighted by Gasteiger charge is 2.41. The molecule has 1 saturated carbocycles. The molecule has 1 fully saturated rings. The average molecular weight is 381 g/mol. The average Bonchev–Trinajstić information content (AvgIpc) is 2.64. The van der Waals surface area contributed by atoms with Gasteiger partial charge in [-0.25, -0.2) is 4.79 Å². The number of carbonyl (C=O) groups is 2. The van der Waals surface area contributed by atoms with Crippen molar-refractivity contribution < 1.29 is 28.5 Å². The van der Waals surface area contributed by atoms with E-state index in [0.29, 0.717) is 36.6 Å². The molecule has 1 aromatic carbocycles. The van der Waals surface area contributed by atoms with Crippen molar-refractivity contribution in [2.24, 2.45) is 5.92 Å². The number of benzene rings is 1. The minimum absolute atomic E-state index is 0.0828. The van der Waals surface area contributed by atoms with E-state index in [0.717, 1.165) is 0 Å². The molecule has 0 aromatic heterocycles. The van der Waals surface area contributed by atoms with Crippen molar-refractivity contribution in [3.05, 3.63) is 41.3 Å². The SMILES string of the molecule is CCOC(=O)COC1CCC2C(=O)C(Oc3ccccc3Cl)=COC2C1. The second-order valence-electron chi connectivity index (χ2n) is 6.21. The van der Waals surface area contributed by atoms with E-state index in [2.05, 4.69) is 0 Å². The standard InChI is InChI=1S/C19H21ClO6/c1-2-23-18(21)11-24-12-7-8-13-16(9-12)25-10-17(19(13)22)26-15-6-4-3-5-14(15)20/h3-6,10,12-13,16H,2,7-9,11H2,1H3. The summed E-state index contributed by atoms with van der Waals surface area (Å²) in [6.07, 6.45) is 2.77. The third-order valence-electron chi connectivity index (χ3n) is 4.47. The molecule has 7 heteroatoms. The van der Waals surface area contributed by atoms with Gasteiger partial charge in [-0.3, -0.25) is 4.79 Å². The normalized spacial score (nSPS) is 24.9. The van der Waals surface area contributed by atoms with Gasteiger partial charge in [0.2, 0.25) is 11.5 Å². The number of hydrogen-bond donors (Lipinski definition) is 0. The van der Waals surface area contributed by atoms with Gasteiger partial charge in [0.1, 0.15) is 24.7 Å². The first-order chi connectivity index (χ1) is 12.6. The Morgan fingerprint density at radius 3 is 2.88 bits per heavy atom. The molecule has 6 nitrogen and oxygen atoms in total. The predicted molar refractivity (Wildman–Crippen MR) is 93.8 cm³/mol. The number of rotatable bonds is 6. The third-order valence-corrected chi connectivity index (χ3v) is 4.78. The Hall–Kier alpha value is -2.05. The van der Waals surface area contributed by atoms with Crippen LogP contribution in [-0.4, -0.2) is 37.2 Å². The van der Waals surface area contributed by atoms with Crippen LogP contribution < -0.4 is 4.74 Å². The van der Waals surface area contributed by atoms with Gasteiger partial charge >= 0.3 is 5.97 Å². The Labute approximate surface area is 157 Å². The van der Waals surface area contributed by atoms with Crippen molar-refractivity contribution in [2.45, 2.75) is 38.4 Å². The molecule has 1 aromatic rings. The molecular weight excluding hydrogens is 360 g/mol. The summed E-state index contributed by atoms with van der Waals surface area (Å²) in [6, 6.07) is 6.96. The van der Waals surface area contributed by atoms with Gasteiger partial charge in [0.15, 0.2) is 0 Å². The van der Waals surface area contributed by atoms with E-state index in [9.17, 15) is 9.59 Å². The lowest BCUT2D eigenvalue weighted by Crippen LogP contribution is -2.42. The molecule has 1 aliphatic carbocycles. The molecule has 26 heavy (non-hydrogen) atoms. The van der Waals surface area contributed by atoms with Crippen LogP contribution in [0.15, 0.2) is 36.3 Å². The smallest absolute Gasteiger partial charge is 0.332 e. The predicted octanol–water partition coefficient (Wildman–Crippen LogP) is 3.28. The van der Waals surface area contributed by atoms with Gasteiger partial charge < -0.3 is 18.9 Å². The lowest BCUT2D eigenvalue weighted by molar-refractivity contribution is -0.154. The maximum absolute atomic E-state index is 12.7. The summed E-state index contributed by atoms with van der Waals surface area (Å²) in [5.74, 6) is -0.178. The second kappa shape index (κ2) is 8.56. The van der Waals surface area contributed by atoms with Crippen molar-refractivity contribution in [2.75, 3.05) is 13.2 Å². The number of Topliss-reactive ketones (excluding diaryl/α,β-unsaturated/α-hetero) is 1. The van der Waals surface area contributed by atoms with Gasteiger partial charge in [-0.1, -0.05) is 23.7 Å². The molecule has 0 amide bonds. The summed E-state index contributed by atoms with van der Waals surface area (Å²) in [7, 11) is 0. The second-order valence-corrected chi connectivity index (χ2v) is 6.62. The highest BCUT2D eigenvalue weighted by atomic mass is 35.5. The van der Waals surface area contributed by atoms with Crippen LogP contribution >= 0.6 is 11.6 Å². The van der Waals surface area contributed by atoms with E-state index in [4.69, 9.17) is 30.5 Å². The maximum Gasteiger partial charge on any atom is 0.332 e. The molecule has 0 radical (unpaired) electrons. The minimum atomic E-state index is -0.384. The Bertz CT molecular complexity index is 701. The first-order valence-corrected chi connectivity index (χ1v) is 9.05. The Balaban J connectivity index is 1.58. The summed E-state index contributed by atoms with van der Waals surface area (Å²) in [4.78, 5) is 24.1. The molecule has 3 rings (SSSR count). The Morgan fingerprint density at radius 1 is 1.31 bits per heavy atom. The molecular formula is C19H21ClO6. The molecule has 3 unspecified atom stereocenters. The molecule has 0 N–H and O–H groups in total. The van der Waals surface area contributed by atoms with E-state index in [1.165, 1.54) is 6.26 Å².